The van der Waals surface area contributed by atoms with Gasteiger partial charge in [0.25, 0.3) is 0 Å². The molecule has 0 aromatic carbocycles. The van der Waals surface area contributed by atoms with Crippen molar-refractivity contribution in [3.8, 4) is 0 Å². The lowest BCUT2D eigenvalue weighted by Gasteiger charge is -2.31. The summed E-state index contributed by atoms with van der Waals surface area (Å²) in [4.78, 5) is 15.7. The van der Waals surface area contributed by atoms with Crippen molar-refractivity contribution in [1.29, 1.82) is 0 Å². The molecule has 0 saturated carbocycles. The minimum Gasteiger partial charge on any atom is -0.397 e. The summed E-state index contributed by atoms with van der Waals surface area (Å²) in [5.74, 6) is -6.97. The van der Waals surface area contributed by atoms with E-state index in [4.69, 9.17) is 9.79 Å². The molecule has 19 heavy (non-hydrogen) atoms. The summed E-state index contributed by atoms with van der Waals surface area (Å²) in [6.07, 6.45) is -10.3. The second-order valence-corrected chi connectivity index (χ2v) is 4.46. The Morgan fingerprint density at radius 1 is 0.947 bits per heavy atom. The molecule has 0 heterocycles. The van der Waals surface area contributed by atoms with Crippen molar-refractivity contribution in [3.05, 3.63) is 12.1 Å². The van der Waals surface area contributed by atoms with Gasteiger partial charge in [-0.2, -0.15) is 39.5 Å². The Morgan fingerprint density at radius 2 is 1.32 bits per heavy atom. The molecule has 14 heteroatoms. The van der Waals surface area contributed by atoms with E-state index < -0.39 is 37.4 Å². The highest BCUT2D eigenvalue weighted by Gasteiger charge is 2.81. The Labute approximate surface area is 97.2 Å². The standard InChI is InChI=1S/C5H2F9O4P/c6-1(7)2(8)18-4(11,12)3(9,10)5(13,14)19(15,16)17/h(H2,15,16,17). The first-order valence-electron chi connectivity index (χ1n) is 3.67. The van der Waals surface area contributed by atoms with E-state index in [0.29, 0.717) is 0 Å². The van der Waals surface area contributed by atoms with Crippen molar-refractivity contribution in [2.75, 3.05) is 0 Å². The van der Waals surface area contributed by atoms with E-state index in [1.54, 1.807) is 0 Å². The molecule has 0 unspecified atom stereocenters. The molecule has 0 amide bonds. The fraction of sp³-hybridized carbons (Fsp3) is 0.600. The summed E-state index contributed by atoms with van der Waals surface area (Å²) in [5.41, 5.74) is -6.68. The molecule has 0 aliphatic heterocycles. The topological polar surface area (TPSA) is 66.8 Å². The molecule has 2 N–H and O–H groups in total. The van der Waals surface area contributed by atoms with Crippen LogP contribution in [0, 0.1) is 0 Å². The van der Waals surface area contributed by atoms with Gasteiger partial charge in [0.05, 0.1) is 0 Å². The number of alkyl halides is 6. The van der Waals surface area contributed by atoms with Gasteiger partial charge in [-0.25, -0.2) is 0 Å². The molecule has 4 nitrogen and oxygen atoms in total. The smallest absolute Gasteiger partial charge is 0.397 e. The van der Waals surface area contributed by atoms with Crippen LogP contribution >= 0.6 is 7.60 Å². The van der Waals surface area contributed by atoms with Crippen molar-refractivity contribution in [1.82, 2.24) is 0 Å². The summed E-state index contributed by atoms with van der Waals surface area (Å²) in [7, 11) is -7.12. The number of rotatable bonds is 5. The molecule has 0 aliphatic rings. The highest BCUT2D eigenvalue weighted by Crippen LogP contribution is 2.63. The highest BCUT2D eigenvalue weighted by atomic mass is 31.2. The molecular formula is C5H2F9O4P. The van der Waals surface area contributed by atoms with E-state index in [1.807, 2.05) is 4.74 Å². The van der Waals surface area contributed by atoms with Crippen LogP contribution < -0.4 is 0 Å². The predicted molar refractivity (Wildman–Crippen MR) is 38.3 cm³/mol. The number of ether oxygens (including phenoxy) is 1. The van der Waals surface area contributed by atoms with Crippen molar-refractivity contribution in [2.24, 2.45) is 0 Å². The van der Waals surface area contributed by atoms with Crippen molar-refractivity contribution >= 4 is 7.60 Å². The van der Waals surface area contributed by atoms with Crippen LogP contribution in [0.1, 0.15) is 0 Å². The first-order valence-corrected chi connectivity index (χ1v) is 5.28. The van der Waals surface area contributed by atoms with Crippen LogP contribution in [0.4, 0.5) is 39.5 Å². The summed E-state index contributed by atoms with van der Waals surface area (Å²) in [5, 5.41) is 0. The maximum absolute atomic E-state index is 12.5. The maximum atomic E-state index is 12.5. The summed E-state index contributed by atoms with van der Waals surface area (Å²) >= 11 is 0. The summed E-state index contributed by atoms with van der Waals surface area (Å²) < 4.78 is 121. The SMILES string of the molecule is O=P(O)(O)C(F)(F)C(F)(F)C(F)(F)OC(F)=C(F)F. The molecule has 0 radical (unpaired) electrons. The van der Waals surface area contributed by atoms with Gasteiger partial charge in [-0.05, 0) is 0 Å². The Bertz CT molecular complexity index is 422. The highest BCUT2D eigenvalue weighted by molar-refractivity contribution is 7.53. The van der Waals surface area contributed by atoms with Gasteiger partial charge in [-0.3, -0.25) is 4.57 Å². The Hall–Kier alpha value is -0.940. The van der Waals surface area contributed by atoms with Crippen LogP contribution in [0.25, 0.3) is 0 Å². The first kappa shape index (κ1) is 18.1. The maximum Gasteiger partial charge on any atom is 0.473 e. The third kappa shape index (κ3) is 3.15. The van der Waals surface area contributed by atoms with Crippen molar-refractivity contribution < 1.29 is 58.6 Å². The van der Waals surface area contributed by atoms with Crippen LogP contribution in [-0.2, 0) is 9.30 Å². The second kappa shape index (κ2) is 4.87. The van der Waals surface area contributed by atoms with Crippen molar-refractivity contribution in [3.63, 3.8) is 0 Å². The zero-order valence-corrected chi connectivity index (χ0v) is 8.95. The molecule has 0 aromatic heterocycles. The Kier molecular flexibility index (Phi) is 4.63. The second-order valence-electron chi connectivity index (χ2n) is 2.81. The van der Waals surface area contributed by atoms with E-state index in [9.17, 15) is 44.1 Å². The molecule has 0 aromatic rings. The third-order valence-corrected chi connectivity index (χ3v) is 2.49. The monoisotopic (exact) mass is 328 g/mol. The lowest BCUT2D eigenvalue weighted by molar-refractivity contribution is -0.378. The van der Waals surface area contributed by atoms with Gasteiger partial charge in [-0.1, -0.05) is 0 Å². The molecule has 0 rings (SSSR count). The third-order valence-electron chi connectivity index (χ3n) is 1.48. The fourth-order valence-corrected chi connectivity index (χ4v) is 1.07. The van der Waals surface area contributed by atoms with Crippen LogP contribution in [0.2, 0.25) is 0 Å². The lowest BCUT2D eigenvalue weighted by atomic mass is 10.3. The molecule has 114 valence electrons. The van der Waals surface area contributed by atoms with Gasteiger partial charge in [0.1, 0.15) is 0 Å². The van der Waals surface area contributed by atoms with Crippen LogP contribution in [-0.4, -0.2) is 27.5 Å². The molecule has 0 bridgehead atoms. The normalized spacial score (nSPS) is 14.3. The zero-order valence-electron chi connectivity index (χ0n) is 8.06. The molecule has 0 saturated heterocycles. The van der Waals surface area contributed by atoms with Gasteiger partial charge in [-0.15, -0.1) is 0 Å². The van der Waals surface area contributed by atoms with Gasteiger partial charge in [0.15, 0.2) is 0 Å². The van der Waals surface area contributed by atoms with E-state index in [2.05, 4.69) is 0 Å². The van der Waals surface area contributed by atoms with Gasteiger partial charge in [0.2, 0.25) is 0 Å². The van der Waals surface area contributed by atoms with Crippen LogP contribution in [0.3, 0.4) is 0 Å². The Morgan fingerprint density at radius 3 is 1.58 bits per heavy atom. The number of halogens is 9. The summed E-state index contributed by atoms with van der Waals surface area (Å²) in [6.45, 7) is 0. The molecule has 0 aliphatic carbocycles. The number of hydrogen-bond acceptors (Lipinski definition) is 2. The average molecular weight is 328 g/mol. The minimum absolute atomic E-state index is 2.00. The lowest BCUT2D eigenvalue weighted by Crippen LogP contribution is -2.54. The fourth-order valence-electron chi connectivity index (χ4n) is 0.573. The predicted octanol–water partition coefficient (Wildman–Crippen LogP) is 3.04. The summed E-state index contributed by atoms with van der Waals surface area (Å²) in [6, 6.07) is -3.61. The Balaban J connectivity index is 5.65. The minimum atomic E-state index is -7.12. The van der Waals surface area contributed by atoms with E-state index in [-0.39, 0.29) is 0 Å². The first-order chi connectivity index (χ1) is 8.08. The van der Waals surface area contributed by atoms with Crippen LogP contribution in [0.5, 0.6) is 0 Å². The number of hydrogen-bond donors (Lipinski definition) is 2. The zero-order chi connectivity index (χ0) is 15.9. The van der Waals surface area contributed by atoms with E-state index >= 15 is 0 Å². The largest absolute Gasteiger partial charge is 0.473 e. The molecule has 0 spiro atoms. The van der Waals surface area contributed by atoms with Crippen molar-refractivity contribution in [2.45, 2.75) is 17.7 Å². The van der Waals surface area contributed by atoms with E-state index in [0.717, 1.165) is 0 Å². The molecule has 0 atom stereocenters. The van der Waals surface area contributed by atoms with Crippen LogP contribution in [0.15, 0.2) is 12.1 Å². The quantitative estimate of drug-likeness (QED) is 0.462. The van der Waals surface area contributed by atoms with Gasteiger partial charge in [0, 0.05) is 0 Å². The van der Waals surface area contributed by atoms with E-state index in [1.165, 1.54) is 0 Å². The molecular weight excluding hydrogens is 326 g/mol. The van der Waals surface area contributed by atoms with Gasteiger partial charge < -0.3 is 14.5 Å². The molecule has 0 fully saturated rings. The van der Waals surface area contributed by atoms with Gasteiger partial charge >= 0.3 is 37.4 Å². The average Bonchev–Trinajstić information content (AvgIpc) is 2.14.